The van der Waals surface area contributed by atoms with Gasteiger partial charge in [0.05, 0.1) is 22.7 Å². The minimum Gasteiger partial charge on any atom is -0.310 e. The first kappa shape index (κ1) is 18.2. The van der Waals surface area contributed by atoms with Gasteiger partial charge in [0, 0.05) is 17.3 Å². The summed E-state index contributed by atoms with van der Waals surface area (Å²) in [5.41, 5.74) is 3.18. The summed E-state index contributed by atoms with van der Waals surface area (Å²) in [6, 6.07) is 0.225. The summed E-state index contributed by atoms with van der Waals surface area (Å²) in [5.74, 6) is 0.119. The number of hydrogen-bond acceptors (Lipinski definition) is 4. The molecule has 1 atom stereocenters. The highest BCUT2D eigenvalue weighted by Gasteiger charge is 2.29. The van der Waals surface area contributed by atoms with Crippen molar-refractivity contribution >= 4 is 9.84 Å². The lowest BCUT2D eigenvalue weighted by molar-refractivity contribution is 0.545. The molecule has 0 amide bonds. The smallest absolute Gasteiger partial charge is 0.157 e. The van der Waals surface area contributed by atoms with Crippen LogP contribution in [0.5, 0.6) is 0 Å². The van der Waals surface area contributed by atoms with E-state index in [9.17, 15) is 8.42 Å². The van der Waals surface area contributed by atoms with Crippen molar-refractivity contribution in [3.63, 3.8) is 0 Å². The predicted octanol–water partition coefficient (Wildman–Crippen LogP) is 2.38. The second-order valence-electron chi connectivity index (χ2n) is 6.52. The summed E-state index contributed by atoms with van der Waals surface area (Å²) >= 11 is 0. The Morgan fingerprint density at radius 1 is 1.29 bits per heavy atom. The molecule has 0 fully saturated rings. The second-order valence-corrected chi connectivity index (χ2v) is 9.38. The summed E-state index contributed by atoms with van der Waals surface area (Å²) < 4.78 is 25.5. The number of aromatic nitrogens is 2. The molecular formula is C15H29N3O2S. The van der Waals surface area contributed by atoms with Crippen LogP contribution in [0.4, 0.5) is 0 Å². The lowest BCUT2D eigenvalue weighted by Gasteiger charge is -2.19. The van der Waals surface area contributed by atoms with Crippen molar-refractivity contribution in [1.29, 1.82) is 0 Å². The average molecular weight is 315 g/mol. The zero-order chi connectivity index (χ0) is 16.4. The zero-order valence-electron chi connectivity index (χ0n) is 14.3. The molecule has 0 saturated carbocycles. The van der Waals surface area contributed by atoms with Crippen molar-refractivity contribution in [2.75, 3.05) is 12.3 Å². The molecule has 1 N–H and O–H groups in total. The van der Waals surface area contributed by atoms with Crippen molar-refractivity contribution in [1.82, 2.24) is 15.1 Å². The third-order valence-corrected chi connectivity index (χ3v) is 6.47. The fourth-order valence-electron chi connectivity index (χ4n) is 2.48. The first-order valence-corrected chi connectivity index (χ1v) is 9.16. The largest absolute Gasteiger partial charge is 0.310 e. The quantitative estimate of drug-likeness (QED) is 0.875. The number of aryl methyl sites for hydroxylation is 2. The minimum absolute atomic E-state index is 0.119. The average Bonchev–Trinajstić information content (AvgIpc) is 2.61. The number of rotatable bonds is 6. The monoisotopic (exact) mass is 315 g/mol. The van der Waals surface area contributed by atoms with Gasteiger partial charge in [0.1, 0.15) is 0 Å². The van der Waals surface area contributed by atoms with E-state index >= 15 is 0 Å². The standard InChI is InChI=1S/C15H29N3O2S/c1-8-16-11(2)14-12(3)17-18(13(14)4)9-10-21(19,20)15(5,6)7/h11,16H,8-10H2,1-7H3. The number of nitrogens with one attached hydrogen (secondary N) is 1. The van der Waals surface area contributed by atoms with E-state index in [2.05, 4.69) is 24.3 Å². The van der Waals surface area contributed by atoms with Crippen LogP contribution in [0, 0.1) is 13.8 Å². The van der Waals surface area contributed by atoms with E-state index in [1.165, 1.54) is 5.56 Å². The van der Waals surface area contributed by atoms with Crippen LogP contribution in [0.1, 0.15) is 57.6 Å². The highest BCUT2D eigenvalue weighted by molar-refractivity contribution is 7.92. The molecule has 0 bridgehead atoms. The van der Waals surface area contributed by atoms with Gasteiger partial charge < -0.3 is 5.32 Å². The van der Waals surface area contributed by atoms with Crippen LogP contribution in [0.15, 0.2) is 0 Å². The zero-order valence-corrected chi connectivity index (χ0v) is 15.1. The van der Waals surface area contributed by atoms with Gasteiger partial charge >= 0.3 is 0 Å². The predicted molar refractivity (Wildman–Crippen MR) is 87.3 cm³/mol. The topological polar surface area (TPSA) is 64.0 Å². The second kappa shape index (κ2) is 6.48. The lowest BCUT2D eigenvalue weighted by atomic mass is 10.1. The van der Waals surface area contributed by atoms with Gasteiger partial charge in [-0.05, 0) is 48.1 Å². The Morgan fingerprint density at radius 2 is 1.86 bits per heavy atom. The van der Waals surface area contributed by atoms with Gasteiger partial charge in [0.2, 0.25) is 0 Å². The van der Waals surface area contributed by atoms with E-state index in [1.807, 2.05) is 18.5 Å². The van der Waals surface area contributed by atoms with Gasteiger partial charge in [-0.3, -0.25) is 4.68 Å². The van der Waals surface area contributed by atoms with Gasteiger partial charge in [-0.2, -0.15) is 5.10 Å². The maximum atomic E-state index is 12.2. The summed E-state index contributed by atoms with van der Waals surface area (Å²) in [7, 11) is -3.12. The number of hydrogen-bond donors (Lipinski definition) is 1. The van der Waals surface area contributed by atoms with E-state index in [1.54, 1.807) is 20.8 Å². The van der Waals surface area contributed by atoms with Crippen LogP contribution >= 0.6 is 0 Å². The van der Waals surface area contributed by atoms with Crippen LogP contribution in [0.3, 0.4) is 0 Å². The maximum absolute atomic E-state index is 12.2. The van der Waals surface area contributed by atoms with E-state index < -0.39 is 14.6 Å². The lowest BCUT2D eigenvalue weighted by Crippen LogP contribution is -2.32. The van der Waals surface area contributed by atoms with Crippen LogP contribution in [-0.4, -0.2) is 35.2 Å². The maximum Gasteiger partial charge on any atom is 0.157 e. The molecule has 1 aromatic rings. The van der Waals surface area contributed by atoms with Crippen molar-refractivity contribution in [2.24, 2.45) is 0 Å². The molecule has 0 aliphatic heterocycles. The first-order valence-electron chi connectivity index (χ1n) is 7.50. The molecule has 6 heteroatoms. The fraction of sp³-hybridized carbons (Fsp3) is 0.800. The molecule has 0 spiro atoms. The third-order valence-electron chi connectivity index (χ3n) is 3.89. The Balaban J connectivity index is 2.95. The van der Waals surface area contributed by atoms with Gasteiger partial charge in [0.25, 0.3) is 0 Å². The van der Waals surface area contributed by atoms with Crippen molar-refractivity contribution in [3.05, 3.63) is 17.0 Å². The number of nitrogens with zero attached hydrogens (tertiary/aromatic N) is 2. The number of sulfone groups is 1. The fourth-order valence-corrected chi connectivity index (χ4v) is 3.50. The molecule has 1 aromatic heterocycles. The van der Waals surface area contributed by atoms with Gasteiger partial charge in [-0.15, -0.1) is 0 Å². The Bertz CT molecular complexity index is 583. The van der Waals surface area contributed by atoms with E-state index in [4.69, 9.17) is 0 Å². The van der Waals surface area contributed by atoms with E-state index in [0.29, 0.717) is 6.54 Å². The summed E-state index contributed by atoms with van der Waals surface area (Å²) in [4.78, 5) is 0. The van der Waals surface area contributed by atoms with Crippen molar-refractivity contribution in [3.8, 4) is 0 Å². The van der Waals surface area contributed by atoms with Gasteiger partial charge in [-0.25, -0.2) is 8.42 Å². The normalized spacial score (nSPS) is 14.4. The molecule has 0 saturated heterocycles. The SMILES string of the molecule is CCNC(C)c1c(C)nn(CCS(=O)(=O)C(C)(C)C)c1C. The van der Waals surface area contributed by atoms with Crippen LogP contribution in [0.2, 0.25) is 0 Å². The Hall–Kier alpha value is -0.880. The molecule has 0 aliphatic carbocycles. The molecule has 21 heavy (non-hydrogen) atoms. The van der Waals surface area contributed by atoms with Gasteiger partial charge in [-0.1, -0.05) is 6.92 Å². The highest BCUT2D eigenvalue weighted by Crippen LogP contribution is 2.22. The third kappa shape index (κ3) is 4.07. The molecule has 122 valence electrons. The Morgan fingerprint density at radius 3 is 2.33 bits per heavy atom. The van der Waals surface area contributed by atoms with Gasteiger partial charge in [0.15, 0.2) is 9.84 Å². The summed E-state index contributed by atoms with van der Waals surface area (Å²) in [5, 5.41) is 7.89. The molecule has 1 heterocycles. The van der Waals surface area contributed by atoms with Crippen LogP contribution in [-0.2, 0) is 16.4 Å². The molecule has 0 radical (unpaired) electrons. The molecule has 0 aromatic carbocycles. The van der Waals surface area contributed by atoms with Crippen molar-refractivity contribution < 1.29 is 8.42 Å². The molecule has 0 aliphatic rings. The molecule has 1 unspecified atom stereocenters. The molecular weight excluding hydrogens is 286 g/mol. The minimum atomic E-state index is -3.12. The van der Waals surface area contributed by atoms with Crippen LogP contribution < -0.4 is 5.32 Å². The van der Waals surface area contributed by atoms with Crippen LogP contribution in [0.25, 0.3) is 0 Å². The summed E-state index contributed by atoms with van der Waals surface area (Å²) in [6.07, 6.45) is 0. The Labute approximate surface area is 129 Å². The van der Waals surface area contributed by atoms with E-state index in [-0.39, 0.29) is 11.8 Å². The highest BCUT2D eigenvalue weighted by atomic mass is 32.2. The molecule has 5 nitrogen and oxygen atoms in total. The van der Waals surface area contributed by atoms with E-state index in [0.717, 1.165) is 17.9 Å². The first-order chi connectivity index (χ1) is 9.51. The molecule has 1 rings (SSSR count). The van der Waals surface area contributed by atoms with Crippen molar-refractivity contribution in [2.45, 2.75) is 65.8 Å². The summed E-state index contributed by atoms with van der Waals surface area (Å²) in [6.45, 7) is 14.7. The Kier molecular flexibility index (Phi) is 5.61.